The molecule has 0 saturated heterocycles. The number of aromatic nitrogens is 2. The van der Waals surface area contributed by atoms with Crippen LogP contribution in [0, 0.1) is 13.8 Å². The van der Waals surface area contributed by atoms with Gasteiger partial charge in [0.15, 0.2) is 0 Å². The molecular weight excluding hydrogens is 260 g/mol. The van der Waals surface area contributed by atoms with Crippen molar-refractivity contribution >= 4 is 21.6 Å². The van der Waals surface area contributed by atoms with Crippen molar-refractivity contribution in [2.75, 3.05) is 0 Å². The molecule has 0 spiro atoms. The second-order valence-corrected chi connectivity index (χ2v) is 5.48. The van der Waals surface area contributed by atoms with Crippen molar-refractivity contribution in [2.24, 2.45) is 0 Å². The Hall–Kier alpha value is -1.88. The van der Waals surface area contributed by atoms with Gasteiger partial charge in [0.1, 0.15) is 16.2 Å². The summed E-state index contributed by atoms with van der Waals surface area (Å²) in [5.74, 6) is 1.79. The van der Waals surface area contributed by atoms with Crippen LogP contribution in [-0.4, -0.2) is 9.55 Å². The summed E-state index contributed by atoms with van der Waals surface area (Å²) in [6.45, 7) is 4.48. The molecule has 3 rings (SSSR count). The van der Waals surface area contributed by atoms with Crippen molar-refractivity contribution in [1.29, 1.82) is 0 Å². The van der Waals surface area contributed by atoms with Gasteiger partial charge >= 0.3 is 0 Å². The van der Waals surface area contributed by atoms with Gasteiger partial charge in [0, 0.05) is 13.0 Å². The molecule has 0 fully saturated rings. The number of furan rings is 1. The van der Waals surface area contributed by atoms with Gasteiger partial charge in [-0.05, 0) is 36.9 Å². The first-order valence-electron chi connectivity index (χ1n) is 6.13. The largest absolute Gasteiger partial charge is 0.466 e. The molecule has 0 radical (unpaired) electrons. The van der Waals surface area contributed by atoms with Crippen molar-refractivity contribution in [2.45, 2.75) is 26.8 Å². The smallest absolute Gasteiger partial charge is 0.271 e. The first-order valence-corrected chi connectivity index (χ1v) is 7.01. The van der Waals surface area contributed by atoms with Crippen LogP contribution in [0.3, 0.4) is 0 Å². The summed E-state index contributed by atoms with van der Waals surface area (Å²) in [6.07, 6.45) is 2.32. The van der Waals surface area contributed by atoms with Crippen LogP contribution in [0.1, 0.15) is 17.1 Å². The number of fused-ring (bicyclic) bond motifs is 1. The number of rotatable bonds is 3. The molecule has 3 heterocycles. The predicted molar refractivity (Wildman–Crippen MR) is 75.8 cm³/mol. The van der Waals surface area contributed by atoms with Crippen molar-refractivity contribution in [3.63, 3.8) is 0 Å². The zero-order valence-electron chi connectivity index (χ0n) is 10.8. The van der Waals surface area contributed by atoms with Gasteiger partial charge in [0.05, 0.1) is 11.8 Å². The van der Waals surface area contributed by atoms with Gasteiger partial charge < -0.3 is 4.42 Å². The zero-order valence-corrected chi connectivity index (χ0v) is 11.7. The van der Waals surface area contributed by atoms with Crippen molar-refractivity contribution < 1.29 is 4.42 Å². The Morgan fingerprint density at radius 3 is 2.95 bits per heavy atom. The highest BCUT2D eigenvalue weighted by molar-refractivity contribution is 7.17. The van der Waals surface area contributed by atoms with E-state index in [-0.39, 0.29) is 5.56 Å². The maximum absolute atomic E-state index is 12.3. The molecule has 0 aliphatic carbocycles. The fraction of sp³-hybridized carbons (Fsp3) is 0.286. The minimum Gasteiger partial charge on any atom is -0.466 e. The lowest BCUT2D eigenvalue weighted by molar-refractivity contribution is 0.466. The standard InChI is InChI=1S/C14H14N2O2S/c1-9-7-19-13-12(9)15-8-16(14(13)17)6-5-11-4-3-10(2)18-11/h3-4,7-8H,5-6H2,1-2H3. The van der Waals surface area contributed by atoms with E-state index in [2.05, 4.69) is 4.98 Å². The fourth-order valence-corrected chi connectivity index (χ4v) is 3.02. The van der Waals surface area contributed by atoms with Gasteiger partial charge in [0.25, 0.3) is 5.56 Å². The average molecular weight is 274 g/mol. The summed E-state index contributed by atoms with van der Waals surface area (Å²) >= 11 is 1.46. The third kappa shape index (κ3) is 2.21. The van der Waals surface area contributed by atoms with Gasteiger partial charge in [-0.15, -0.1) is 11.3 Å². The van der Waals surface area contributed by atoms with Crippen LogP contribution in [0.5, 0.6) is 0 Å². The van der Waals surface area contributed by atoms with E-state index in [9.17, 15) is 4.79 Å². The van der Waals surface area contributed by atoms with Crippen LogP contribution in [0.4, 0.5) is 0 Å². The Morgan fingerprint density at radius 2 is 2.21 bits per heavy atom. The normalized spacial score (nSPS) is 11.3. The molecule has 0 N–H and O–H groups in total. The first-order chi connectivity index (χ1) is 9.15. The summed E-state index contributed by atoms with van der Waals surface area (Å²) in [5.41, 5.74) is 1.91. The van der Waals surface area contributed by atoms with E-state index in [1.165, 1.54) is 11.3 Å². The van der Waals surface area contributed by atoms with Crippen LogP contribution in [0.15, 0.2) is 33.1 Å². The summed E-state index contributed by atoms with van der Waals surface area (Å²) in [6, 6.07) is 3.88. The highest BCUT2D eigenvalue weighted by atomic mass is 32.1. The maximum Gasteiger partial charge on any atom is 0.271 e. The molecule has 4 nitrogen and oxygen atoms in total. The quantitative estimate of drug-likeness (QED) is 0.738. The Bertz CT molecular complexity index is 782. The van der Waals surface area contributed by atoms with Gasteiger partial charge in [-0.1, -0.05) is 0 Å². The molecule has 0 saturated carbocycles. The third-order valence-corrected chi connectivity index (χ3v) is 4.19. The van der Waals surface area contributed by atoms with Crippen LogP contribution in [-0.2, 0) is 13.0 Å². The lowest BCUT2D eigenvalue weighted by Crippen LogP contribution is -2.20. The summed E-state index contributed by atoms with van der Waals surface area (Å²) in [7, 11) is 0. The monoisotopic (exact) mass is 274 g/mol. The molecule has 0 unspecified atom stereocenters. The summed E-state index contributed by atoms with van der Waals surface area (Å²) < 4.78 is 7.88. The average Bonchev–Trinajstić information content (AvgIpc) is 2.96. The number of aryl methyl sites for hydroxylation is 4. The van der Waals surface area contributed by atoms with E-state index >= 15 is 0 Å². The second kappa shape index (κ2) is 4.66. The first kappa shape index (κ1) is 12.2. The van der Waals surface area contributed by atoms with E-state index in [4.69, 9.17) is 4.42 Å². The molecule has 3 aromatic heterocycles. The Morgan fingerprint density at radius 1 is 1.37 bits per heavy atom. The highest BCUT2D eigenvalue weighted by Gasteiger charge is 2.08. The number of nitrogens with zero attached hydrogens (tertiary/aromatic N) is 2. The van der Waals surface area contributed by atoms with Crippen molar-refractivity contribution in [1.82, 2.24) is 9.55 Å². The molecule has 5 heteroatoms. The molecule has 0 aliphatic heterocycles. The zero-order chi connectivity index (χ0) is 13.4. The molecule has 3 aromatic rings. The van der Waals surface area contributed by atoms with E-state index < -0.39 is 0 Å². The summed E-state index contributed by atoms with van der Waals surface area (Å²) in [4.78, 5) is 16.6. The fourth-order valence-electron chi connectivity index (χ4n) is 2.07. The second-order valence-electron chi connectivity index (χ2n) is 4.60. The van der Waals surface area contributed by atoms with Gasteiger partial charge in [-0.3, -0.25) is 9.36 Å². The molecular formula is C14H14N2O2S. The Labute approximate surface area is 114 Å². The van der Waals surface area contributed by atoms with Crippen LogP contribution in [0.2, 0.25) is 0 Å². The molecule has 19 heavy (non-hydrogen) atoms. The van der Waals surface area contributed by atoms with Crippen molar-refractivity contribution in [3.8, 4) is 0 Å². The van der Waals surface area contributed by atoms with E-state index in [0.717, 1.165) is 27.3 Å². The van der Waals surface area contributed by atoms with E-state index in [1.54, 1.807) is 10.9 Å². The molecule has 0 aromatic carbocycles. The lowest BCUT2D eigenvalue weighted by atomic mass is 10.3. The molecule has 0 amide bonds. The van der Waals surface area contributed by atoms with E-state index in [0.29, 0.717) is 13.0 Å². The number of hydrogen-bond acceptors (Lipinski definition) is 4. The lowest BCUT2D eigenvalue weighted by Gasteiger charge is -2.03. The van der Waals surface area contributed by atoms with Gasteiger partial charge in [0.2, 0.25) is 0 Å². The Balaban J connectivity index is 1.89. The van der Waals surface area contributed by atoms with E-state index in [1.807, 2.05) is 31.4 Å². The van der Waals surface area contributed by atoms with Gasteiger partial charge in [-0.2, -0.15) is 0 Å². The van der Waals surface area contributed by atoms with Gasteiger partial charge in [-0.25, -0.2) is 4.98 Å². The molecule has 0 atom stereocenters. The highest BCUT2D eigenvalue weighted by Crippen LogP contribution is 2.19. The SMILES string of the molecule is Cc1ccc(CCn2cnc3c(C)csc3c2=O)o1. The number of thiophene rings is 1. The molecule has 98 valence electrons. The predicted octanol–water partition coefficient (Wildman–Crippen LogP) is 2.91. The van der Waals surface area contributed by atoms with Crippen LogP contribution < -0.4 is 5.56 Å². The van der Waals surface area contributed by atoms with Crippen LogP contribution >= 0.6 is 11.3 Å². The van der Waals surface area contributed by atoms with Crippen molar-refractivity contribution in [3.05, 3.63) is 51.3 Å². The third-order valence-electron chi connectivity index (χ3n) is 3.12. The topological polar surface area (TPSA) is 48.0 Å². The number of hydrogen-bond donors (Lipinski definition) is 0. The molecule has 0 bridgehead atoms. The summed E-state index contributed by atoms with van der Waals surface area (Å²) in [5, 5.41) is 1.97. The van der Waals surface area contributed by atoms with Crippen LogP contribution in [0.25, 0.3) is 10.2 Å². The maximum atomic E-state index is 12.3. The molecule has 0 aliphatic rings. The minimum atomic E-state index is 0.0337. The Kier molecular flexibility index (Phi) is 2.98. The minimum absolute atomic E-state index is 0.0337.